The van der Waals surface area contributed by atoms with E-state index in [1.165, 1.54) is 6.42 Å². The van der Waals surface area contributed by atoms with E-state index in [0.29, 0.717) is 12.0 Å². The fraction of sp³-hybridized carbons (Fsp3) is 0.647. The zero-order valence-electron chi connectivity index (χ0n) is 13.0. The summed E-state index contributed by atoms with van der Waals surface area (Å²) in [7, 11) is 0. The Balaban J connectivity index is 3.12. The fourth-order valence-corrected chi connectivity index (χ4v) is 2.87. The molecule has 1 fully saturated rings. The van der Waals surface area contributed by atoms with E-state index in [1.54, 1.807) is 13.0 Å². The lowest BCUT2D eigenvalue weighted by molar-refractivity contribution is -0.133. The molecule has 2 N–H and O–H groups in total. The molecule has 0 amide bonds. The van der Waals surface area contributed by atoms with E-state index in [1.807, 2.05) is 6.92 Å². The van der Waals surface area contributed by atoms with Gasteiger partial charge < -0.3 is 10.2 Å². The summed E-state index contributed by atoms with van der Waals surface area (Å²) in [6, 6.07) is 0. The second-order valence-electron chi connectivity index (χ2n) is 5.80. The predicted molar refractivity (Wildman–Crippen MR) is 82.2 cm³/mol. The van der Waals surface area contributed by atoms with Crippen LogP contribution in [0.25, 0.3) is 0 Å². The molecule has 0 radical (unpaired) electrons. The molecule has 0 bridgehead atoms. The van der Waals surface area contributed by atoms with Crippen molar-refractivity contribution >= 4 is 11.9 Å². The average molecular weight is 294 g/mol. The molecule has 1 aliphatic carbocycles. The van der Waals surface area contributed by atoms with Gasteiger partial charge in [0, 0.05) is 11.1 Å². The van der Waals surface area contributed by atoms with E-state index in [2.05, 4.69) is 0 Å². The topological polar surface area (TPSA) is 74.6 Å². The second kappa shape index (κ2) is 8.65. The minimum absolute atomic E-state index is 0.186. The van der Waals surface area contributed by atoms with Crippen molar-refractivity contribution in [3.05, 3.63) is 22.8 Å². The smallest absolute Gasteiger partial charge is 0.331 e. The second-order valence-corrected chi connectivity index (χ2v) is 5.80. The molecule has 0 aliphatic heterocycles. The van der Waals surface area contributed by atoms with Gasteiger partial charge in [0.25, 0.3) is 0 Å². The number of hydrogen-bond donors (Lipinski definition) is 2. The number of allylic oxidation sites excluding steroid dienone is 2. The molecule has 21 heavy (non-hydrogen) atoms. The molecule has 0 heterocycles. The maximum Gasteiger partial charge on any atom is 0.331 e. The number of carboxylic acids is 2. The average Bonchev–Trinajstić information content (AvgIpc) is 2.47. The third-order valence-electron chi connectivity index (χ3n) is 4.20. The molecule has 0 saturated heterocycles. The van der Waals surface area contributed by atoms with Crippen LogP contribution in [0, 0.1) is 5.92 Å². The number of carboxylic acid groups (broad SMARTS) is 2. The molecular weight excluding hydrogens is 268 g/mol. The first-order chi connectivity index (χ1) is 9.97. The number of aliphatic carboxylic acids is 2. The van der Waals surface area contributed by atoms with Gasteiger partial charge >= 0.3 is 11.9 Å². The van der Waals surface area contributed by atoms with Gasteiger partial charge in [-0.1, -0.05) is 32.6 Å². The van der Waals surface area contributed by atoms with Crippen LogP contribution in [0.4, 0.5) is 0 Å². The predicted octanol–water partition coefficient (Wildman–Crippen LogP) is 4.17. The van der Waals surface area contributed by atoms with Crippen LogP contribution in [0.1, 0.15) is 65.2 Å². The van der Waals surface area contributed by atoms with Gasteiger partial charge in [0.05, 0.1) is 0 Å². The van der Waals surface area contributed by atoms with Crippen molar-refractivity contribution in [1.82, 2.24) is 0 Å². The number of rotatable bonds is 7. The lowest BCUT2D eigenvalue weighted by Gasteiger charge is -2.24. The van der Waals surface area contributed by atoms with Crippen molar-refractivity contribution in [2.45, 2.75) is 65.2 Å². The lowest BCUT2D eigenvalue weighted by atomic mass is 9.81. The minimum atomic E-state index is -0.952. The van der Waals surface area contributed by atoms with Crippen LogP contribution < -0.4 is 0 Å². The maximum absolute atomic E-state index is 11.4. The molecule has 118 valence electrons. The molecule has 1 rings (SSSR count). The highest BCUT2D eigenvalue weighted by molar-refractivity contribution is 5.90. The zero-order valence-corrected chi connectivity index (χ0v) is 13.0. The molecule has 0 aromatic carbocycles. The van der Waals surface area contributed by atoms with Crippen molar-refractivity contribution in [2.75, 3.05) is 0 Å². The molecule has 0 spiro atoms. The van der Waals surface area contributed by atoms with E-state index in [0.717, 1.165) is 44.1 Å². The van der Waals surface area contributed by atoms with Gasteiger partial charge in [-0.15, -0.1) is 0 Å². The van der Waals surface area contributed by atoms with Gasteiger partial charge in [-0.2, -0.15) is 0 Å². The third-order valence-corrected chi connectivity index (χ3v) is 4.20. The van der Waals surface area contributed by atoms with Crippen molar-refractivity contribution in [3.8, 4) is 0 Å². The van der Waals surface area contributed by atoms with Gasteiger partial charge in [0.1, 0.15) is 0 Å². The van der Waals surface area contributed by atoms with Crippen LogP contribution in [-0.4, -0.2) is 22.2 Å². The van der Waals surface area contributed by atoms with E-state index in [4.69, 9.17) is 0 Å². The summed E-state index contributed by atoms with van der Waals surface area (Å²) in [6.07, 6.45) is 9.13. The Morgan fingerprint density at radius 2 is 1.71 bits per heavy atom. The van der Waals surface area contributed by atoms with Gasteiger partial charge in [-0.25, -0.2) is 9.59 Å². The Morgan fingerprint density at radius 1 is 1.10 bits per heavy atom. The third kappa shape index (κ3) is 5.37. The SMILES string of the molecule is CCCCC(=CC(=C(C)C(=O)O)C1CCCCC1)C(=O)O. The molecule has 0 unspecified atom stereocenters. The summed E-state index contributed by atoms with van der Waals surface area (Å²) in [4.78, 5) is 22.7. The van der Waals surface area contributed by atoms with Crippen molar-refractivity contribution in [1.29, 1.82) is 0 Å². The summed E-state index contributed by atoms with van der Waals surface area (Å²) in [5.74, 6) is -1.70. The summed E-state index contributed by atoms with van der Waals surface area (Å²) in [5.41, 5.74) is 1.34. The maximum atomic E-state index is 11.4. The Hall–Kier alpha value is -1.58. The Bertz CT molecular complexity index is 440. The highest BCUT2D eigenvalue weighted by atomic mass is 16.4. The number of unbranched alkanes of at least 4 members (excludes halogenated alkanes) is 1. The van der Waals surface area contributed by atoms with Gasteiger partial charge in [-0.05, 0) is 50.2 Å². The van der Waals surface area contributed by atoms with E-state index < -0.39 is 11.9 Å². The van der Waals surface area contributed by atoms with Crippen LogP contribution in [0.15, 0.2) is 22.8 Å². The van der Waals surface area contributed by atoms with Gasteiger partial charge in [-0.3, -0.25) is 0 Å². The van der Waals surface area contributed by atoms with Crippen LogP contribution in [-0.2, 0) is 9.59 Å². The standard InChI is InChI=1S/C17H26O4/c1-3-4-8-14(17(20)21)11-15(12(2)16(18)19)13-9-6-5-7-10-13/h11,13H,3-10H2,1-2H3,(H,18,19)(H,20,21). The Kier molecular flexibility index (Phi) is 7.20. The van der Waals surface area contributed by atoms with Crippen LogP contribution in [0.3, 0.4) is 0 Å². The molecule has 4 nitrogen and oxygen atoms in total. The minimum Gasteiger partial charge on any atom is -0.478 e. The van der Waals surface area contributed by atoms with Crippen molar-refractivity contribution in [3.63, 3.8) is 0 Å². The first-order valence-corrected chi connectivity index (χ1v) is 7.85. The number of hydrogen-bond acceptors (Lipinski definition) is 2. The normalized spacial score (nSPS) is 18.3. The zero-order chi connectivity index (χ0) is 15.8. The first-order valence-electron chi connectivity index (χ1n) is 7.85. The molecule has 0 atom stereocenters. The van der Waals surface area contributed by atoms with Crippen molar-refractivity contribution in [2.24, 2.45) is 5.92 Å². The quantitative estimate of drug-likeness (QED) is 0.546. The van der Waals surface area contributed by atoms with Crippen LogP contribution in [0.5, 0.6) is 0 Å². The molecule has 0 aromatic heterocycles. The molecule has 0 aromatic rings. The summed E-state index contributed by atoms with van der Waals surface area (Å²) in [6.45, 7) is 3.60. The Morgan fingerprint density at radius 3 is 2.19 bits per heavy atom. The van der Waals surface area contributed by atoms with Gasteiger partial charge in [0.15, 0.2) is 0 Å². The first kappa shape index (κ1) is 17.5. The Labute approximate surface area is 126 Å². The highest BCUT2D eigenvalue weighted by Crippen LogP contribution is 2.33. The van der Waals surface area contributed by atoms with E-state index in [9.17, 15) is 19.8 Å². The van der Waals surface area contributed by atoms with Crippen LogP contribution in [0.2, 0.25) is 0 Å². The number of carbonyl (C=O) groups is 2. The monoisotopic (exact) mass is 294 g/mol. The molecule has 4 heteroatoms. The van der Waals surface area contributed by atoms with E-state index in [-0.39, 0.29) is 11.5 Å². The summed E-state index contributed by atoms with van der Waals surface area (Å²) in [5, 5.41) is 18.6. The van der Waals surface area contributed by atoms with E-state index >= 15 is 0 Å². The summed E-state index contributed by atoms with van der Waals surface area (Å²) < 4.78 is 0. The summed E-state index contributed by atoms with van der Waals surface area (Å²) >= 11 is 0. The highest BCUT2D eigenvalue weighted by Gasteiger charge is 2.22. The molecular formula is C17H26O4. The molecule has 1 saturated carbocycles. The fourth-order valence-electron chi connectivity index (χ4n) is 2.87. The largest absolute Gasteiger partial charge is 0.478 e. The molecule has 1 aliphatic rings. The van der Waals surface area contributed by atoms with Crippen molar-refractivity contribution < 1.29 is 19.8 Å². The lowest BCUT2D eigenvalue weighted by Crippen LogP contribution is -2.14. The van der Waals surface area contributed by atoms with Crippen LogP contribution >= 0.6 is 0 Å². The van der Waals surface area contributed by atoms with Gasteiger partial charge in [0.2, 0.25) is 0 Å².